The van der Waals surface area contributed by atoms with E-state index in [1.807, 2.05) is 6.92 Å². The summed E-state index contributed by atoms with van der Waals surface area (Å²) in [5.41, 5.74) is 0.330. The molecule has 0 fully saturated rings. The quantitative estimate of drug-likeness (QED) is 0.702. The monoisotopic (exact) mass is 372 g/mol. The molecular weight excluding hydrogens is 352 g/mol. The van der Waals surface area contributed by atoms with Gasteiger partial charge in [-0.05, 0) is 42.8 Å². The van der Waals surface area contributed by atoms with E-state index in [1.54, 1.807) is 12.1 Å². The Bertz CT molecular complexity index is 842. The summed E-state index contributed by atoms with van der Waals surface area (Å²) in [7, 11) is -7.11. The van der Waals surface area contributed by atoms with Crippen LogP contribution in [0.2, 0.25) is 0 Å². The van der Waals surface area contributed by atoms with Gasteiger partial charge in [0, 0.05) is 5.69 Å². The number of sulfonamides is 2. The molecule has 0 unspecified atom stereocenters. The fourth-order valence-electron chi connectivity index (χ4n) is 1.93. The van der Waals surface area contributed by atoms with Crippen LogP contribution in [0.1, 0.15) is 25.5 Å². The van der Waals surface area contributed by atoms with Crippen LogP contribution in [0.4, 0.5) is 5.69 Å². The lowest BCUT2D eigenvalue weighted by Gasteiger charge is -2.09. The molecule has 132 valence electrons. The summed E-state index contributed by atoms with van der Waals surface area (Å²) < 4.78 is 57.9. The molecule has 0 aliphatic heterocycles. The van der Waals surface area contributed by atoms with E-state index in [9.17, 15) is 16.8 Å². The molecule has 2 N–H and O–H groups in total. The number of furan rings is 1. The van der Waals surface area contributed by atoms with Gasteiger partial charge in [-0.25, -0.2) is 21.6 Å². The number of hydrogen-bond donors (Lipinski definition) is 2. The van der Waals surface area contributed by atoms with Crippen molar-refractivity contribution in [2.45, 2.75) is 31.2 Å². The summed E-state index contributed by atoms with van der Waals surface area (Å²) in [6, 6.07) is 8.87. The van der Waals surface area contributed by atoms with Gasteiger partial charge in [-0.1, -0.05) is 13.3 Å². The first-order valence-corrected chi connectivity index (χ1v) is 10.6. The Balaban J connectivity index is 2.02. The zero-order chi connectivity index (χ0) is 17.6. The van der Waals surface area contributed by atoms with Gasteiger partial charge in [0.05, 0.1) is 23.5 Å². The van der Waals surface area contributed by atoms with Crippen LogP contribution < -0.4 is 9.44 Å². The minimum absolute atomic E-state index is 0.0360. The lowest BCUT2D eigenvalue weighted by molar-refractivity contribution is 0.498. The first kappa shape index (κ1) is 18.5. The van der Waals surface area contributed by atoms with Crippen LogP contribution in [0.5, 0.6) is 0 Å². The highest BCUT2D eigenvalue weighted by atomic mass is 32.2. The van der Waals surface area contributed by atoms with E-state index in [1.165, 1.54) is 30.5 Å². The number of rotatable bonds is 9. The number of benzene rings is 1. The molecule has 1 aromatic carbocycles. The Morgan fingerprint density at radius 3 is 2.33 bits per heavy atom. The Morgan fingerprint density at radius 2 is 1.75 bits per heavy atom. The van der Waals surface area contributed by atoms with Gasteiger partial charge >= 0.3 is 0 Å². The molecular formula is C15H20N2O5S2. The molecule has 0 saturated carbocycles. The first-order chi connectivity index (χ1) is 11.3. The fourth-order valence-corrected chi connectivity index (χ4v) is 4.19. The van der Waals surface area contributed by atoms with E-state index in [0.717, 1.165) is 6.42 Å². The van der Waals surface area contributed by atoms with Gasteiger partial charge in [0.1, 0.15) is 5.76 Å². The molecule has 2 aromatic rings. The second-order valence-corrected chi connectivity index (χ2v) is 8.81. The fraction of sp³-hybridized carbons (Fsp3) is 0.333. The van der Waals surface area contributed by atoms with Crippen LogP contribution >= 0.6 is 0 Å². The zero-order valence-electron chi connectivity index (χ0n) is 13.2. The van der Waals surface area contributed by atoms with Crippen LogP contribution in [0, 0.1) is 0 Å². The largest absolute Gasteiger partial charge is 0.468 e. The maximum absolute atomic E-state index is 12.2. The summed E-state index contributed by atoms with van der Waals surface area (Å²) in [5.74, 6) is 0.535. The minimum Gasteiger partial charge on any atom is -0.468 e. The van der Waals surface area contributed by atoms with E-state index >= 15 is 0 Å². The highest BCUT2D eigenvalue weighted by Crippen LogP contribution is 2.16. The summed E-state index contributed by atoms with van der Waals surface area (Å²) in [6.45, 7) is 1.95. The second-order valence-electron chi connectivity index (χ2n) is 5.20. The lowest BCUT2D eigenvalue weighted by atomic mass is 10.3. The van der Waals surface area contributed by atoms with Crippen molar-refractivity contribution in [3.63, 3.8) is 0 Å². The predicted molar refractivity (Wildman–Crippen MR) is 91.5 cm³/mol. The van der Waals surface area contributed by atoms with Crippen molar-refractivity contribution in [3.05, 3.63) is 48.4 Å². The van der Waals surface area contributed by atoms with Crippen molar-refractivity contribution in [1.82, 2.24) is 4.72 Å². The molecule has 0 aliphatic carbocycles. The van der Waals surface area contributed by atoms with Crippen molar-refractivity contribution >= 4 is 25.7 Å². The van der Waals surface area contributed by atoms with Crippen LogP contribution in [-0.2, 0) is 26.6 Å². The standard InChI is InChI=1S/C15H20N2O5S2/c1-2-3-11-23(18,19)17-13-6-8-15(9-7-13)24(20,21)16-12-14-5-4-10-22-14/h4-10,16-17H,2-3,11-12H2,1H3. The molecule has 0 aliphatic rings. The average molecular weight is 372 g/mol. The Labute approximate surface area is 142 Å². The van der Waals surface area contributed by atoms with E-state index in [2.05, 4.69) is 9.44 Å². The molecule has 2 rings (SSSR count). The highest BCUT2D eigenvalue weighted by Gasteiger charge is 2.15. The van der Waals surface area contributed by atoms with Gasteiger partial charge < -0.3 is 4.42 Å². The number of hydrogen-bond acceptors (Lipinski definition) is 5. The number of nitrogens with one attached hydrogen (secondary N) is 2. The van der Waals surface area contributed by atoms with E-state index in [0.29, 0.717) is 17.9 Å². The molecule has 1 aromatic heterocycles. The predicted octanol–water partition coefficient (Wildman–Crippen LogP) is 2.30. The maximum Gasteiger partial charge on any atom is 0.240 e. The van der Waals surface area contributed by atoms with Crippen LogP contribution in [0.15, 0.2) is 52.0 Å². The van der Waals surface area contributed by atoms with Crippen LogP contribution in [0.3, 0.4) is 0 Å². The van der Waals surface area contributed by atoms with Crippen LogP contribution in [0.25, 0.3) is 0 Å². The zero-order valence-corrected chi connectivity index (χ0v) is 14.9. The molecule has 24 heavy (non-hydrogen) atoms. The van der Waals surface area contributed by atoms with Gasteiger partial charge in [0.15, 0.2) is 0 Å². The summed E-state index contributed by atoms with van der Waals surface area (Å²) in [4.78, 5) is 0.0468. The van der Waals surface area contributed by atoms with Crippen molar-refractivity contribution in [1.29, 1.82) is 0 Å². The third-order valence-electron chi connectivity index (χ3n) is 3.22. The minimum atomic E-state index is -3.70. The smallest absolute Gasteiger partial charge is 0.240 e. The topological polar surface area (TPSA) is 105 Å². The lowest BCUT2D eigenvalue weighted by Crippen LogP contribution is -2.23. The maximum atomic E-state index is 12.2. The molecule has 0 radical (unpaired) electrons. The van der Waals surface area contributed by atoms with Gasteiger partial charge in [-0.3, -0.25) is 4.72 Å². The van der Waals surface area contributed by atoms with Gasteiger partial charge in [-0.2, -0.15) is 0 Å². The Hall–Kier alpha value is -1.84. The molecule has 0 amide bonds. The molecule has 7 nitrogen and oxygen atoms in total. The van der Waals surface area contributed by atoms with Gasteiger partial charge in [-0.15, -0.1) is 0 Å². The second kappa shape index (κ2) is 7.82. The third kappa shape index (κ3) is 5.36. The van der Waals surface area contributed by atoms with Gasteiger partial charge in [0.2, 0.25) is 20.0 Å². The van der Waals surface area contributed by atoms with E-state index in [4.69, 9.17) is 4.42 Å². The molecule has 0 spiro atoms. The molecule has 1 heterocycles. The van der Waals surface area contributed by atoms with Crippen molar-refractivity contribution in [3.8, 4) is 0 Å². The SMILES string of the molecule is CCCCS(=O)(=O)Nc1ccc(S(=O)(=O)NCc2ccco2)cc1. The number of anilines is 1. The summed E-state index contributed by atoms with van der Waals surface area (Å²) in [6.07, 6.45) is 2.81. The molecule has 0 saturated heterocycles. The molecule has 9 heteroatoms. The summed E-state index contributed by atoms with van der Waals surface area (Å²) >= 11 is 0. The first-order valence-electron chi connectivity index (χ1n) is 7.45. The molecule has 0 atom stereocenters. The van der Waals surface area contributed by atoms with Crippen LogP contribution in [-0.4, -0.2) is 22.6 Å². The highest BCUT2D eigenvalue weighted by molar-refractivity contribution is 7.92. The van der Waals surface area contributed by atoms with Gasteiger partial charge in [0.25, 0.3) is 0 Å². The Morgan fingerprint density at radius 1 is 1.04 bits per heavy atom. The molecule has 0 bridgehead atoms. The normalized spacial score (nSPS) is 12.2. The van der Waals surface area contributed by atoms with Crippen molar-refractivity contribution < 1.29 is 21.3 Å². The number of unbranched alkanes of at least 4 members (excludes halogenated alkanes) is 1. The summed E-state index contributed by atoms with van der Waals surface area (Å²) in [5, 5.41) is 0. The average Bonchev–Trinajstić information content (AvgIpc) is 3.05. The van der Waals surface area contributed by atoms with E-state index < -0.39 is 20.0 Å². The Kier molecular flexibility index (Phi) is 6.03. The van der Waals surface area contributed by atoms with E-state index in [-0.39, 0.29) is 17.2 Å². The third-order valence-corrected chi connectivity index (χ3v) is 6.01. The van der Waals surface area contributed by atoms with Crippen molar-refractivity contribution in [2.24, 2.45) is 0 Å². The van der Waals surface area contributed by atoms with Crippen molar-refractivity contribution in [2.75, 3.05) is 10.5 Å².